The molecular weight excluding hydrogens is 350 g/mol. The van der Waals surface area contributed by atoms with E-state index in [4.69, 9.17) is 4.74 Å². The van der Waals surface area contributed by atoms with Crippen molar-refractivity contribution in [3.8, 4) is 11.5 Å². The molecule has 3 aromatic rings. The molecule has 0 spiro atoms. The van der Waals surface area contributed by atoms with E-state index >= 15 is 0 Å². The van der Waals surface area contributed by atoms with Crippen LogP contribution in [0.15, 0.2) is 60.7 Å². The smallest absolute Gasteiger partial charge is 0.251 e. The molecule has 1 amide bonds. The number of hydrogen-bond donors (Lipinski definition) is 2. The van der Waals surface area contributed by atoms with Crippen molar-refractivity contribution >= 4 is 16.7 Å². The average Bonchev–Trinajstić information content (AvgIpc) is 2.72. The van der Waals surface area contributed by atoms with E-state index in [1.807, 2.05) is 48.5 Å². The Morgan fingerprint density at radius 3 is 2.61 bits per heavy atom. The number of benzene rings is 3. The van der Waals surface area contributed by atoms with Crippen LogP contribution in [0.4, 0.5) is 0 Å². The molecule has 0 radical (unpaired) electrons. The van der Waals surface area contributed by atoms with E-state index in [2.05, 4.69) is 12.2 Å². The average molecular weight is 377 g/mol. The first-order valence-corrected chi connectivity index (χ1v) is 9.89. The van der Waals surface area contributed by atoms with Gasteiger partial charge in [0.2, 0.25) is 0 Å². The Balaban J connectivity index is 1.68. The van der Waals surface area contributed by atoms with Crippen molar-refractivity contribution in [1.82, 2.24) is 5.32 Å². The normalized spacial score (nSPS) is 10.8. The van der Waals surface area contributed by atoms with Gasteiger partial charge in [-0.2, -0.15) is 0 Å². The minimum Gasteiger partial charge on any atom is -0.508 e. The van der Waals surface area contributed by atoms with Gasteiger partial charge in [0.1, 0.15) is 11.5 Å². The highest BCUT2D eigenvalue weighted by Crippen LogP contribution is 2.28. The Kier molecular flexibility index (Phi) is 6.90. The zero-order valence-corrected chi connectivity index (χ0v) is 16.3. The Hall–Kier alpha value is -3.01. The van der Waals surface area contributed by atoms with Crippen LogP contribution in [0, 0.1) is 0 Å². The van der Waals surface area contributed by atoms with Crippen molar-refractivity contribution in [2.75, 3.05) is 13.2 Å². The van der Waals surface area contributed by atoms with Crippen LogP contribution in [0.25, 0.3) is 10.8 Å². The van der Waals surface area contributed by atoms with Gasteiger partial charge >= 0.3 is 0 Å². The summed E-state index contributed by atoms with van der Waals surface area (Å²) in [6.07, 6.45) is 4.00. The summed E-state index contributed by atoms with van der Waals surface area (Å²) in [5.74, 6) is 0.899. The van der Waals surface area contributed by atoms with Gasteiger partial charge in [-0.1, -0.05) is 56.2 Å². The number of nitrogens with one attached hydrogen (secondary N) is 1. The van der Waals surface area contributed by atoms with Crippen LogP contribution in [0.2, 0.25) is 0 Å². The summed E-state index contributed by atoms with van der Waals surface area (Å²) in [4.78, 5) is 12.7. The largest absolute Gasteiger partial charge is 0.508 e. The predicted molar refractivity (Wildman–Crippen MR) is 113 cm³/mol. The second kappa shape index (κ2) is 9.79. The van der Waals surface area contributed by atoms with Gasteiger partial charge in [0, 0.05) is 17.5 Å². The Morgan fingerprint density at radius 2 is 1.82 bits per heavy atom. The van der Waals surface area contributed by atoms with E-state index in [1.165, 1.54) is 0 Å². The third-order valence-electron chi connectivity index (χ3n) is 4.73. The highest BCUT2D eigenvalue weighted by Gasteiger charge is 2.11. The van der Waals surface area contributed by atoms with E-state index < -0.39 is 0 Å². The molecular formula is C24H27NO3. The summed E-state index contributed by atoms with van der Waals surface area (Å²) < 4.78 is 5.99. The molecule has 28 heavy (non-hydrogen) atoms. The van der Waals surface area contributed by atoms with Gasteiger partial charge in [-0.25, -0.2) is 0 Å². The maximum Gasteiger partial charge on any atom is 0.251 e. The predicted octanol–water partition coefficient (Wildman–Crippen LogP) is 5.09. The quantitative estimate of drug-likeness (QED) is 0.511. The number of rotatable bonds is 9. The fourth-order valence-corrected chi connectivity index (χ4v) is 3.15. The van der Waals surface area contributed by atoms with Crippen molar-refractivity contribution in [2.24, 2.45) is 0 Å². The molecule has 0 unspecified atom stereocenters. The van der Waals surface area contributed by atoms with E-state index in [0.29, 0.717) is 25.1 Å². The third-order valence-corrected chi connectivity index (χ3v) is 4.73. The second-order valence-electron chi connectivity index (χ2n) is 6.92. The lowest BCUT2D eigenvalue weighted by Gasteiger charge is -2.12. The van der Waals surface area contributed by atoms with Crippen LogP contribution in [0.5, 0.6) is 11.5 Å². The van der Waals surface area contributed by atoms with Crippen LogP contribution in [0.1, 0.15) is 42.1 Å². The second-order valence-corrected chi connectivity index (χ2v) is 6.92. The molecule has 0 aliphatic carbocycles. The van der Waals surface area contributed by atoms with Crippen LogP contribution in [-0.2, 0) is 6.42 Å². The van der Waals surface area contributed by atoms with Gasteiger partial charge in [0.25, 0.3) is 5.91 Å². The standard InChI is InChI=1S/C24H27NO3/c1-2-3-6-15-28-23-17-20(16-19-7-4-5-8-22(19)23)24(27)25-14-13-18-9-11-21(26)12-10-18/h4-5,7-12,16-17,26H,2-3,6,13-15H2,1H3,(H,25,27). The molecule has 3 rings (SSSR count). The van der Waals surface area contributed by atoms with Crippen LogP contribution >= 0.6 is 0 Å². The summed E-state index contributed by atoms with van der Waals surface area (Å²) in [6, 6.07) is 18.8. The number of phenolic OH excluding ortho intramolecular Hbond substituents is 1. The number of unbranched alkanes of at least 4 members (excludes halogenated alkanes) is 2. The van der Waals surface area contributed by atoms with E-state index in [-0.39, 0.29) is 11.7 Å². The van der Waals surface area contributed by atoms with E-state index in [1.54, 1.807) is 12.1 Å². The Morgan fingerprint density at radius 1 is 1.04 bits per heavy atom. The van der Waals surface area contributed by atoms with Gasteiger partial charge in [-0.05, 0) is 48.1 Å². The molecule has 2 N–H and O–H groups in total. The number of hydrogen-bond acceptors (Lipinski definition) is 3. The Bertz CT molecular complexity index is 919. The molecule has 3 aromatic carbocycles. The lowest BCUT2D eigenvalue weighted by molar-refractivity contribution is 0.0954. The number of carbonyl (C=O) groups excluding carboxylic acids is 1. The van der Waals surface area contributed by atoms with Crippen molar-refractivity contribution in [3.63, 3.8) is 0 Å². The first-order chi connectivity index (χ1) is 13.7. The molecule has 0 aliphatic heterocycles. The number of aromatic hydroxyl groups is 1. The SMILES string of the molecule is CCCCCOc1cc(C(=O)NCCc2ccc(O)cc2)cc2ccccc12. The van der Waals surface area contributed by atoms with Crippen molar-refractivity contribution < 1.29 is 14.6 Å². The van der Waals surface area contributed by atoms with Gasteiger partial charge in [0.15, 0.2) is 0 Å². The fourth-order valence-electron chi connectivity index (χ4n) is 3.15. The number of ether oxygens (including phenoxy) is 1. The summed E-state index contributed by atoms with van der Waals surface area (Å²) in [7, 11) is 0. The van der Waals surface area contributed by atoms with Crippen molar-refractivity contribution in [1.29, 1.82) is 0 Å². The topological polar surface area (TPSA) is 58.6 Å². The van der Waals surface area contributed by atoms with Crippen molar-refractivity contribution in [2.45, 2.75) is 32.6 Å². The van der Waals surface area contributed by atoms with E-state index in [9.17, 15) is 9.90 Å². The zero-order valence-electron chi connectivity index (χ0n) is 16.3. The van der Waals surface area contributed by atoms with E-state index in [0.717, 1.165) is 41.3 Å². The van der Waals surface area contributed by atoms with Gasteiger partial charge < -0.3 is 15.2 Å². The number of carbonyl (C=O) groups is 1. The molecule has 0 aliphatic rings. The molecule has 0 atom stereocenters. The van der Waals surface area contributed by atoms with Gasteiger partial charge in [-0.3, -0.25) is 4.79 Å². The Labute approximate surface area is 166 Å². The van der Waals surface area contributed by atoms with Crippen LogP contribution < -0.4 is 10.1 Å². The molecule has 0 bridgehead atoms. The molecule has 4 heteroatoms. The summed E-state index contributed by atoms with van der Waals surface area (Å²) in [5.41, 5.74) is 1.67. The van der Waals surface area contributed by atoms with Gasteiger partial charge in [0.05, 0.1) is 6.61 Å². The van der Waals surface area contributed by atoms with Gasteiger partial charge in [-0.15, -0.1) is 0 Å². The zero-order chi connectivity index (χ0) is 19.8. The maximum absolute atomic E-state index is 12.7. The summed E-state index contributed by atoms with van der Waals surface area (Å²) >= 11 is 0. The first kappa shape index (κ1) is 19.7. The van der Waals surface area contributed by atoms with Crippen molar-refractivity contribution in [3.05, 3.63) is 71.8 Å². The summed E-state index contributed by atoms with van der Waals surface area (Å²) in [5, 5.41) is 14.3. The lowest BCUT2D eigenvalue weighted by Crippen LogP contribution is -2.25. The van der Waals surface area contributed by atoms with Crippen LogP contribution in [0.3, 0.4) is 0 Å². The maximum atomic E-state index is 12.7. The molecule has 0 heterocycles. The molecule has 0 aromatic heterocycles. The molecule has 0 saturated heterocycles. The fraction of sp³-hybridized carbons (Fsp3) is 0.292. The molecule has 0 fully saturated rings. The number of amides is 1. The number of fused-ring (bicyclic) bond motifs is 1. The minimum atomic E-state index is -0.108. The highest BCUT2D eigenvalue weighted by molar-refractivity contribution is 6.00. The van der Waals surface area contributed by atoms with Crippen LogP contribution in [-0.4, -0.2) is 24.2 Å². The monoisotopic (exact) mass is 377 g/mol. The molecule has 146 valence electrons. The molecule has 0 saturated carbocycles. The highest BCUT2D eigenvalue weighted by atomic mass is 16.5. The summed E-state index contributed by atoms with van der Waals surface area (Å²) in [6.45, 7) is 3.35. The number of phenols is 1. The lowest BCUT2D eigenvalue weighted by atomic mass is 10.0. The minimum absolute atomic E-state index is 0.108. The first-order valence-electron chi connectivity index (χ1n) is 9.89. The third kappa shape index (κ3) is 5.26. The molecule has 4 nitrogen and oxygen atoms in total.